The van der Waals surface area contributed by atoms with Crippen LogP contribution in [0.3, 0.4) is 0 Å². The highest BCUT2D eigenvalue weighted by molar-refractivity contribution is 5.95. The van der Waals surface area contributed by atoms with Crippen LogP contribution in [0.15, 0.2) is 0 Å². The maximum Gasteiger partial charge on any atom is 0.320 e. The van der Waals surface area contributed by atoms with Gasteiger partial charge in [0.25, 0.3) is 0 Å². The molecule has 0 aromatic rings. The van der Waals surface area contributed by atoms with Gasteiger partial charge >= 0.3 is 11.9 Å². The molecule has 0 saturated heterocycles. The van der Waals surface area contributed by atoms with E-state index in [-0.39, 0.29) is 25.0 Å². The molecule has 4 heteroatoms. The number of terminal acetylenes is 2. The van der Waals surface area contributed by atoms with Gasteiger partial charge in [-0.25, -0.2) is 0 Å². The third-order valence-corrected chi connectivity index (χ3v) is 3.07. The Kier molecular flexibility index (Phi) is 8.96. The van der Waals surface area contributed by atoms with Crippen molar-refractivity contribution >= 4 is 11.9 Å². The van der Waals surface area contributed by atoms with Gasteiger partial charge in [-0.1, -0.05) is 20.8 Å². The zero-order valence-electron chi connectivity index (χ0n) is 12.3. The molecule has 4 nitrogen and oxygen atoms in total. The lowest BCUT2D eigenvalue weighted by molar-refractivity contribution is -0.165. The van der Waals surface area contributed by atoms with Gasteiger partial charge in [-0.15, -0.1) is 24.7 Å². The Bertz CT molecular complexity index is 366. The number of hydrogen-bond acceptors (Lipinski definition) is 4. The third-order valence-electron chi connectivity index (χ3n) is 3.07. The van der Waals surface area contributed by atoms with E-state index >= 15 is 0 Å². The summed E-state index contributed by atoms with van der Waals surface area (Å²) in [6, 6.07) is 0. The molecule has 0 saturated carbocycles. The Hall–Kier alpha value is -1.94. The number of esters is 2. The first-order valence-corrected chi connectivity index (χ1v) is 6.65. The van der Waals surface area contributed by atoms with E-state index in [1.807, 2.05) is 20.8 Å². The van der Waals surface area contributed by atoms with Crippen LogP contribution in [0, 0.1) is 42.4 Å². The molecule has 0 amide bonds. The van der Waals surface area contributed by atoms with Crippen molar-refractivity contribution in [1.29, 1.82) is 0 Å². The average molecular weight is 278 g/mol. The molecule has 0 radical (unpaired) electrons. The molecule has 0 aliphatic heterocycles. The molecular weight excluding hydrogens is 256 g/mol. The highest BCUT2D eigenvalue weighted by Gasteiger charge is 2.36. The van der Waals surface area contributed by atoms with Crippen LogP contribution in [-0.2, 0) is 19.1 Å². The van der Waals surface area contributed by atoms with E-state index < -0.39 is 17.9 Å². The summed E-state index contributed by atoms with van der Waals surface area (Å²) in [5.41, 5.74) is 0. The van der Waals surface area contributed by atoms with E-state index in [9.17, 15) is 9.59 Å². The van der Waals surface area contributed by atoms with Crippen LogP contribution < -0.4 is 0 Å². The lowest BCUT2D eigenvalue weighted by Crippen LogP contribution is -2.35. The van der Waals surface area contributed by atoms with Crippen molar-refractivity contribution in [1.82, 2.24) is 0 Å². The monoisotopic (exact) mass is 278 g/mol. The summed E-state index contributed by atoms with van der Waals surface area (Å²) in [4.78, 5) is 24.0. The van der Waals surface area contributed by atoms with Gasteiger partial charge < -0.3 is 9.47 Å². The van der Waals surface area contributed by atoms with Gasteiger partial charge in [0.15, 0.2) is 5.92 Å². The lowest BCUT2D eigenvalue weighted by atomic mass is 9.85. The van der Waals surface area contributed by atoms with Gasteiger partial charge in [0, 0.05) is 12.8 Å². The number of hydrogen-bond donors (Lipinski definition) is 0. The van der Waals surface area contributed by atoms with Gasteiger partial charge in [-0.3, -0.25) is 9.59 Å². The summed E-state index contributed by atoms with van der Waals surface area (Å²) in [5, 5.41) is 0. The predicted octanol–water partition coefficient (Wildman–Crippen LogP) is 2.03. The SMILES string of the molecule is C#CCCOC(=O)C(C(=O)OCCC#C)C(C)C(C)C. The Morgan fingerprint density at radius 1 is 0.950 bits per heavy atom. The molecule has 0 heterocycles. The minimum atomic E-state index is -0.939. The van der Waals surface area contributed by atoms with E-state index in [0.717, 1.165) is 0 Å². The molecule has 1 atom stereocenters. The molecule has 1 unspecified atom stereocenters. The Balaban J connectivity index is 4.72. The normalized spacial score (nSPS) is 11.6. The fourth-order valence-corrected chi connectivity index (χ4v) is 1.51. The van der Waals surface area contributed by atoms with Crippen molar-refractivity contribution in [3.8, 4) is 24.7 Å². The highest BCUT2D eigenvalue weighted by Crippen LogP contribution is 2.23. The minimum Gasteiger partial charge on any atom is -0.464 e. The number of carbonyl (C=O) groups is 2. The standard InChI is InChI=1S/C16H22O4/c1-6-8-10-19-15(17)14(13(5)12(3)4)16(18)20-11-9-7-2/h1-2,12-14H,8-11H2,3-5H3. The van der Waals surface area contributed by atoms with Crippen LogP contribution >= 0.6 is 0 Å². The molecule has 0 aromatic carbocycles. The molecule has 0 aliphatic rings. The largest absolute Gasteiger partial charge is 0.464 e. The molecule has 20 heavy (non-hydrogen) atoms. The maximum atomic E-state index is 12.0. The number of ether oxygens (including phenoxy) is 2. The predicted molar refractivity (Wildman–Crippen MR) is 76.3 cm³/mol. The molecule has 0 bridgehead atoms. The van der Waals surface area contributed by atoms with Gasteiger partial charge in [0.05, 0.1) is 0 Å². The molecule has 0 aromatic heterocycles. The molecule has 0 rings (SSSR count). The van der Waals surface area contributed by atoms with Gasteiger partial charge in [-0.2, -0.15) is 0 Å². The van der Waals surface area contributed by atoms with Crippen LogP contribution in [0.2, 0.25) is 0 Å². The summed E-state index contributed by atoms with van der Waals surface area (Å²) >= 11 is 0. The second-order valence-electron chi connectivity index (χ2n) is 4.82. The van der Waals surface area contributed by atoms with Crippen molar-refractivity contribution in [2.24, 2.45) is 17.8 Å². The van der Waals surface area contributed by atoms with E-state index in [0.29, 0.717) is 12.8 Å². The van der Waals surface area contributed by atoms with Crippen molar-refractivity contribution in [3.63, 3.8) is 0 Å². The highest BCUT2D eigenvalue weighted by atomic mass is 16.6. The molecule has 0 fully saturated rings. The Morgan fingerprint density at radius 2 is 1.35 bits per heavy atom. The maximum absolute atomic E-state index is 12.0. The lowest BCUT2D eigenvalue weighted by Gasteiger charge is -2.23. The van der Waals surface area contributed by atoms with E-state index in [4.69, 9.17) is 22.3 Å². The average Bonchev–Trinajstić information content (AvgIpc) is 2.39. The van der Waals surface area contributed by atoms with E-state index in [1.165, 1.54) is 0 Å². The van der Waals surface area contributed by atoms with E-state index in [1.54, 1.807) is 0 Å². The quantitative estimate of drug-likeness (QED) is 0.295. The number of carbonyl (C=O) groups excluding carboxylic acids is 2. The summed E-state index contributed by atoms with van der Waals surface area (Å²) in [6.07, 6.45) is 10.8. The second-order valence-corrected chi connectivity index (χ2v) is 4.82. The first kappa shape index (κ1) is 18.1. The molecule has 110 valence electrons. The van der Waals surface area contributed by atoms with Crippen molar-refractivity contribution in [2.45, 2.75) is 33.6 Å². The fraction of sp³-hybridized carbons (Fsp3) is 0.625. The summed E-state index contributed by atoms with van der Waals surface area (Å²) in [7, 11) is 0. The summed E-state index contributed by atoms with van der Waals surface area (Å²) in [5.74, 6) is 2.57. The first-order chi connectivity index (χ1) is 9.45. The van der Waals surface area contributed by atoms with Crippen LogP contribution in [-0.4, -0.2) is 25.2 Å². The van der Waals surface area contributed by atoms with Crippen LogP contribution in [0.5, 0.6) is 0 Å². The van der Waals surface area contributed by atoms with Crippen molar-refractivity contribution in [3.05, 3.63) is 0 Å². The molecular formula is C16H22O4. The van der Waals surface area contributed by atoms with Crippen molar-refractivity contribution < 1.29 is 19.1 Å². The van der Waals surface area contributed by atoms with Crippen LogP contribution in [0.25, 0.3) is 0 Å². The first-order valence-electron chi connectivity index (χ1n) is 6.65. The Labute approximate surface area is 121 Å². The summed E-state index contributed by atoms with van der Waals surface area (Å²) in [6.45, 7) is 5.89. The topological polar surface area (TPSA) is 52.6 Å². The second kappa shape index (κ2) is 9.92. The molecule has 0 N–H and O–H groups in total. The van der Waals surface area contributed by atoms with Gasteiger partial charge in [-0.05, 0) is 11.8 Å². The van der Waals surface area contributed by atoms with E-state index in [2.05, 4.69) is 11.8 Å². The third kappa shape index (κ3) is 6.29. The van der Waals surface area contributed by atoms with Gasteiger partial charge in [0.1, 0.15) is 13.2 Å². The molecule has 0 spiro atoms. The zero-order valence-corrected chi connectivity index (χ0v) is 12.3. The van der Waals surface area contributed by atoms with Crippen LogP contribution in [0.4, 0.5) is 0 Å². The smallest absolute Gasteiger partial charge is 0.320 e. The number of rotatable bonds is 8. The summed E-state index contributed by atoms with van der Waals surface area (Å²) < 4.78 is 10.0. The van der Waals surface area contributed by atoms with Crippen molar-refractivity contribution in [2.75, 3.05) is 13.2 Å². The fourth-order valence-electron chi connectivity index (χ4n) is 1.51. The minimum absolute atomic E-state index is 0.105. The van der Waals surface area contributed by atoms with Crippen LogP contribution in [0.1, 0.15) is 33.6 Å². The van der Waals surface area contributed by atoms with Gasteiger partial charge in [0.2, 0.25) is 0 Å². The Morgan fingerprint density at radius 3 is 1.65 bits per heavy atom. The molecule has 0 aliphatic carbocycles. The zero-order chi connectivity index (χ0) is 15.5.